The molecule has 0 aromatic rings. The Morgan fingerprint density at radius 2 is 1.11 bits per heavy atom. The number of rotatable bonds is 0. The van der Waals surface area contributed by atoms with Crippen LogP contribution in [0.5, 0.6) is 0 Å². The molecule has 0 heterocycles. The molecule has 0 atom stereocenters. The molecule has 0 spiro atoms. The molecule has 0 aliphatic heterocycles. The fourth-order valence-electron chi connectivity index (χ4n) is 0. The Labute approximate surface area is 144 Å². The van der Waals surface area contributed by atoms with Gasteiger partial charge in [0, 0.05) is 35.6 Å². The van der Waals surface area contributed by atoms with Crippen LogP contribution in [0.2, 0.25) is 0 Å². The predicted octanol–water partition coefficient (Wildman–Crippen LogP) is -3.54. The van der Waals surface area contributed by atoms with Crippen molar-refractivity contribution in [3.05, 3.63) is 0 Å². The first-order valence-corrected chi connectivity index (χ1v) is 2.83. The molecule has 0 N–H and O–H groups in total. The molecule has 0 saturated carbocycles. The molecule has 9 heteroatoms. The molecule has 0 rings (SSSR count). The Bertz CT molecular complexity index is 47.1. The van der Waals surface area contributed by atoms with Gasteiger partial charge in [0.05, 0.1) is 0 Å². The van der Waals surface area contributed by atoms with Crippen LogP contribution in [0.4, 0.5) is 0 Å². The van der Waals surface area contributed by atoms with E-state index in [0.717, 1.165) is 0 Å². The van der Waals surface area contributed by atoms with Gasteiger partial charge >= 0.3 is 109 Å². The summed E-state index contributed by atoms with van der Waals surface area (Å²) in [6.07, 6.45) is 0. The van der Waals surface area contributed by atoms with Crippen LogP contribution in [-0.2, 0) is 24.7 Å². The van der Waals surface area contributed by atoms with Crippen molar-refractivity contribution in [1.82, 2.24) is 0 Å². The van der Waals surface area contributed by atoms with Gasteiger partial charge in [-0.1, -0.05) is 0 Å². The molecule has 0 fully saturated rings. The zero-order valence-corrected chi connectivity index (χ0v) is 15.0. The molecule has 0 unspecified atom stereocenters. The van der Waals surface area contributed by atoms with Crippen molar-refractivity contribution >= 4 is 76.5 Å². The zero-order chi connectivity index (χ0) is 5.41. The standard InChI is InChI=1S/2Al.La.Mn.4O.Sr.2H/q;;;+2;;;2*-1;+2;2*-1. The topological polar surface area (TPSA) is 80.3 Å². The van der Waals surface area contributed by atoms with Crippen LogP contribution < -0.4 is 8.32 Å². The molecular formula is H2Al2LaMnO4Sr. The summed E-state index contributed by atoms with van der Waals surface area (Å²) >= 11 is -3.50. The van der Waals surface area contributed by atoms with Gasteiger partial charge in [-0.05, 0) is 0 Å². The summed E-state index contributed by atoms with van der Waals surface area (Å²) in [6, 6.07) is 0. The summed E-state index contributed by atoms with van der Waals surface area (Å²) in [5, 5.41) is 0. The van der Waals surface area contributed by atoms with E-state index in [-0.39, 0.29) is 101 Å². The quantitative estimate of drug-likeness (QED) is 0.394. The average molecular weight is 401 g/mol. The molecule has 0 aliphatic carbocycles. The molecule has 0 aliphatic rings. The van der Waals surface area contributed by atoms with E-state index < -0.39 is 31.0 Å². The van der Waals surface area contributed by atoms with Crippen LogP contribution in [0.15, 0.2) is 0 Å². The van der Waals surface area contributed by atoms with Crippen molar-refractivity contribution in [2.45, 2.75) is 0 Å². The first kappa shape index (κ1) is 29.4. The third-order valence-electron chi connectivity index (χ3n) is 0. The molecule has 0 amide bonds. The summed E-state index contributed by atoms with van der Waals surface area (Å²) in [5.74, 6) is 0. The SMILES string of the molecule is [H-].[H-].[La].[Mn+2].[O]=[Al][O-].[O]=[Al][O-].[Sr+2]. The van der Waals surface area contributed by atoms with E-state index in [4.69, 9.17) is 15.9 Å². The van der Waals surface area contributed by atoms with Gasteiger partial charge in [-0.3, -0.25) is 0 Å². The van der Waals surface area contributed by atoms with Gasteiger partial charge in [-0.2, -0.15) is 0 Å². The Morgan fingerprint density at radius 1 is 1.11 bits per heavy atom. The molecule has 0 aromatic carbocycles. The van der Waals surface area contributed by atoms with Crippen molar-refractivity contribution in [1.29, 1.82) is 0 Å². The van der Waals surface area contributed by atoms with Gasteiger partial charge in [0.25, 0.3) is 0 Å². The minimum Gasteiger partial charge on any atom is 2.00 e. The maximum atomic E-state index is 8.46. The van der Waals surface area contributed by atoms with Crippen LogP contribution in [0, 0.1) is 35.6 Å². The molecule has 2 radical (unpaired) electrons. The summed E-state index contributed by atoms with van der Waals surface area (Å²) < 4.78 is 33.8. The predicted molar refractivity (Wildman–Crippen MR) is 20.9 cm³/mol. The number of hydrogen-bond acceptors (Lipinski definition) is 4. The normalized spacial score (nSPS) is 1.78. The third-order valence-corrected chi connectivity index (χ3v) is 0. The fraction of sp³-hybridized carbons (Fsp3) is 0. The average Bonchev–Trinajstić information content (AvgIpc) is 1.39. The first-order valence-electron chi connectivity index (χ1n) is 0.943. The van der Waals surface area contributed by atoms with Gasteiger partial charge in [-0.15, -0.1) is 0 Å². The smallest absolute Gasteiger partial charge is 2.00 e. The van der Waals surface area contributed by atoms with E-state index in [0.29, 0.717) is 0 Å². The Hall–Kier alpha value is 3.46. The Kier molecular flexibility index (Phi) is 137. The van der Waals surface area contributed by atoms with Crippen LogP contribution in [0.1, 0.15) is 2.85 Å². The van der Waals surface area contributed by atoms with Gasteiger partial charge in [-0.25, -0.2) is 0 Å². The maximum absolute atomic E-state index is 8.46. The van der Waals surface area contributed by atoms with Crippen LogP contribution in [0.25, 0.3) is 0 Å². The molecule has 0 saturated heterocycles. The summed E-state index contributed by atoms with van der Waals surface area (Å²) in [4.78, 5) is 0. The van der Waals surface area contributed by atoms with Crippen molar-refractivity contribution in [2.75, 3.05) is 0 Å². The largest absolute Gasteiger partial charge is 2.00 e. The summed E-state index contributed by atoms with van der Waals surface area (Å²) in [6.45, 7) is 0. The van der Waals surface area contributed by atoms with E-state index in [1.165, 1.54) is 0 Å². The van der Waals surface area contributed by atoms with Gasteiger partial charge in [0.2, 0.25) is 0 Å². The Morgan fingerprint density at radius 3 is 1.11 bits per heavy atom. The van der Waals surface area contributed by atoms with Crippen molar-refractivity contribution < 1.29 is 71.4 Å². The van der Waals surface area contributed by atoms with E-state index in [2.05, 4.69) is 0 Å². The van der Waals surface area contributed by atoms with Crippen molar-refractivity contribution in [2.24, 2.45) is 0 Å². The molecule has 0 bridgehead atoms. The van der Waals surface area contributed by atoms with Crippen molar-refractivity contribution in [3.8, 4) is 0 Å². The molecule has 0 aromatic heterocycles. The second-order valence-corrected chi connectivity index (χ2v) is 0.577. The summed E-state index contributed by atoms with van der Waals surface area (Å²) in [7, 11) is 0. The third kappa shape index (κ3) is 85.7. The maximum Gasteiger partial charge on any atom is 2.00 e. The van der Waals surface area contributed by atoms with Gasteiger partial charge < -0.3 is 2.85 Å². The van der Waals surface area contributed by atoms with E-state index in [9.17, 15) is 0 Å². The van der Waals surface area contributed by atoms with E-state index in [1.54, 1.807) is 0 Å². The number of hydrogen-bond donors (Lipinski definition) is 0. The summed E-state index contributed by atoms with van der Waals surface area (Å²) in [5.41, 5.74) is 0. The van der Waals surface area contributed by atoms with Crippen LogP contribution in [0.3, 0.4) is 0 Å². The first-order chi connectivity index (χ1) is 2.83. The van der Waals surface area contributed by atoms with Crippen molar-refractivity contribution in [3.63, 3.8) is 0 Å². The monoisotopic (exact) mass is 402 g/mol. The van der Waals surface area contributed by atoms with Crippen LogP contribution in [-0.4, -0.2) is 76.5 Å². The zero-order valence-electron chi connectivity index (χ0n) is 6.45. The second kappa shape index (κ2) is 42.1. The van der Waals surface area contributed by atoms with Gasteiger partial charge in [0.1, 0.15) is 0 Å². The van der Waals surface area contributed by atoms with Crippen LogP contribution >= 0.6 is 0 Å². The molecular weight excluding hydrogens is 399 g/mol. The fourth-order valence-corrected chi connectivity index (χ4v) is 0. The van der Waals surface area contributed by atoms with Gasteiger partial charge in [0.15, 0.2) is 0 Å². The Balaban J connectivity index is -0.00000000400. The minimum atomic E-state index is -1.75. The van der Waals surface area contributed by atoms with E-state index in [1.807, 2.05) is 0 Å². The second-order valence-electron chi connectivity index (χ2n) is 0.192. The molecule has 4 nitrogen and oxygen atoms in total. The molecule has 44 valence electrons. The minimum absolute atomic E-state index is 0. The molecule has 9 heavy (non-hydrogen) atoms. The van der Waals surface area contributed by atoms with E-state index >= 15 is 0 Å².